The van der Waals surface area contributed by atoms with Crippen LogP contribution in [0.3, 0.4) is 0 Å². The van der Waals surface area contributed by atoms with E-state index in [1.165, 1.54) is 4.31 Å². The van der Waals surface area contributed by atoms with Gasteiger partial charge < -0.3 is 4.90 Å². The first kappa shape index (κ1) is 17.5. The molecule has 0 saturated carbocycles. The molecule has 6 nitrogen and oxygen atoms in total. The Kier molecular flexibility index (Phi) is 4.79. The summed E-state index contributed by atoms with van der Waals surface area (Å²) in [6, 6.07) is 5.35. The van der Waals surface area contributed by atoms with E-state index >= 15 is 0 Å². The minimum Gasteiger partial charge on any atom is -0.369 e. The number of hydrogen-bond acceptors (Lipinski definition) is 4. The van der Waals surface area contributed by atoms with E-state index in [-0.39, 0.29) is 4.90 Å². The lowest BCUT2D eigenvalue weighted by Crippen LogP contribution is -2.48. The highest BCUT2D eigenvalue weighted by Gasteiger charge is 2.32. The van der Waals surface area contributed by atoms with E-state index in [4.69, 9.17) is 23.2 Å². The molecule has 1 aliphatic rings. The smallest absolute Gasteiger partial charge is 0.246 e. The number of piperazine rings is 1. The number of hydrogen-bond donors (Lipinski definition) is 1. The number of aryl methyl sites for hydroxylation is 2. The Hall–Kier alpha value is -1.28. The predicted octanol–water partition coefficient (Wildman–Crippen LogP) is 2.84. The number of rotatable bonds is 3. The summed E-state index contributed by atoms with van der Waals surface area (Å²) >= 11 is 12.1. The van der Waals surface area contributed by atoms with E-state index in [1.807, 2.05) is 12.1 Å². The number of halogens is 2. The van der Waals surface area contributed by atoms with Crippen molar-refractivity contribution >= 4 is 38.9 Å². The van der Waals surface area contributed by atoms with E-state index in [0.717, 1.165) is 5.69 Å². The Balaban J connectivity index is 1.77. The molecule has 0 bridgehead atoms. The van der Waals surface area contributed by atoms with Crippen LogP contribution in [0.4, 0.5) is 5.69 Å². The van der Waals surface area contributed by atoms with Crippen molar-refractivity contribution in [3.8, 4) is 0 Å². The number of benzene rings is 1. The molecule has 0 aliphatic carbocycles. The SMILES string of the molecule is Cc1n[nH]c(C)c1S(=O)(=O)N1CCN(c2cc(Cl)cc(Cl)c2)CC1. The van der Waals surface area contributed by atoms with Crippen molar-refractivity contribution in [3.63, 3.8) is 0 Å². The summed E-state index contributed by atoms with van der Waals surface area (Å²) in [6.45, 7) is 5.36. The van der Waals surface area contributed by atoms with Crippen molar-refractivity contribution in [1.29, 1.82) is 0 Å². The van der Waals surface area contributed by atoms with Gasteiger partial charge in [-0.2, -0.15) is 9.40 Å². The third-order valence-corrected chi connectivity index (χ3v) is 6.71. The summed E-state index contributed by atoms with van der Waals surface area (Å²) in [5.41, 5.74) is 1.97. The zero-order chi connectivity index (χ0) is 17.5. The number of nitrogens with zero attached hydrogens (tertiary/aromatic N) is 3. The first-order valence-electron chi connectivity index (χ1n) is 7.52. The van der Waals surface area contributed by atoms with Crippen molar-refractivity contribution in [2.75, 3.05) is 31.1 Å². The Morgan fingerprint density at radius 1 is 1.04 bits per heavy atom. The summed E-state index contributed by atoms with van der Waals surface area (Å²) in [5, 5.41) is 7.86. The molecule has 130 valence electrons. The molecule has 0 radical (unpaired) electrons. The number of aromatic nitrogens is 2. The highest BCUT2D eigenvalue weighted by atomic mass is 35.5. The lowest BCUT2D eigenvalue weighted by Gasteiger charge is -2.35. The Morgan fingerprint density at radius 2 is 1.62 bits per heavy atom. The maximum atomic E-state index is 12.8. The normalized spacial score (nSPS) is 16.6. The van der Waals surface area contributed by atoms with Crippen molar-refractivity contribution in [2.45, 2.75) is 18.7 Å². The predicted molar refractivity (Wildman–Crippen MR) is 95.5 cm³/mol. The second kappa shape index (κ2) is 6.55. The fraction of sp³-hybridized carbons (Fsp3) is 0.400. The molecular formula is C15H18Cl2N4O2S. The number of anilines is 1. The summed E-state index contributed by atoms with van der Waals surface area (Å²) in [5.74, 6) is 0. The molecule has 2 heterocycles. The van der Waals surface area contributed by atoms with Crippen molar-refractivity contribution in [1.82, 2.24) is 14.5 Å². The maximum absolute atomic E-state index is 12.8. The molecular weight excluding hydrogens is 371 g/mol. The van der Waals surface area contributed by atoms with E-state index in [1.54, 1.807) is 19.9 Å². The molecule has 1 aliphatic heterocycles. The average molecular weight is 389 g/mol. The molecule has 1 fully saturated rings. The van der Waals surface area contributed by atoms with Crippen LogP contribution in [0.25, 0.3) is 0 Å². The van der Waals surface area contributed by atoms with Crippen LogP contribution in [0.2, 0.25) is 10.0 Å². The number of aromatic amines is 1. The largest absolute Gasteiger partial charge is 0.369 e. The van der Waals surface area contributed by atoms with E-state index < -0.39 is 10.0 Å². The quantitative estimate of drug-likeness (QED) is 0.877. The Labute approximate surface area is 151 Å². The van der Waals surface area contributed by atoms with Gasteiger partial charge in [0.15, 0.2) is 0 Å². The minimum absolute atomic E-state index is 0.279. The minimum atomic E-state index is -3.54. The van der Waals surface area contributed by atoms with Crippen molar-refractivity contribution < 1.29 is 8.42 Å². The summed E-state index contributed by atoms with van der Waals surface area (Å²) in [7, 11) is -3.54. The highest BCUT2D eigenvalue weighted by molar-refractivity contribution is 7.89. The van der Waals surface area contributed by atoms with Gasteiger partial charge in [0.1, 0.15) is 4.90 Å². The van der Waals surface area contributed by atoms with Crippen LogP contribution >= 0.6 is 23.2 Å². The lowest BCUT2D eigenvalue weighted by molar-refractivity contribution is 0.384. The molecule has 9 heteroatoms. The van der Waals surface area contributed by atoms with Gasteiger partial charge in [-0.1, -0.05) is 23.2 Å². The van der Waals surface area contributed by atoms with E-state index in [2.05, 4.69) is 15.1 Å². The van der Waals surface area contributed by atoms with Crippen LogP contribution < -0.4 is 4.90 Å². The molecule has 1 aromatic heterocycles. The van der Waals surface area contributed by atoms with E-state index in [0.29, 0.717) is 47.6 Å². The van der Waals surface area contributed by atoms with Gasteiger partial charge in [-0.25, -0.2) is 8.42 Å². The average Bonchev–Trinajstić information content (AvgIpc) is 2.86. The summed E-state index contributed by atoms with van der Waals surface area (Å²) < 4.78 is 27.2. The Morgan fingerprint density at radius 3 is 2.12 bits per heavy atom. The van der Waals surface area contributed by atoms with Gasteiger partial charge in [-0.3, -0.25) is 5.10 Å². The van der Waals surface area contributed by atoms with Crippen LogP contribution in [0.15, 0.2) is 23.1 Å². The van der Waals surface area contributed by atoms with Crippen molar-refractivity contribution in [3.05, 3.63) is 39.6 Å². The first-order chi connectivity index (χ1) is 11.3. The van der Waals surface area contributed by atoms with Gasteiger partial charge in [0, 0.05) is 41.9 Å². The van der Waals surface area contributed by atoms with Gasteiger partial charge in [0.2, 0.25) is 10.0 Å². The van der Waals surface area contributed by atoms with Crippen LogP contribution in [0, 0.1) is 13.8 Å². The standard InChI is InChI=1S/C15H18Cl2N4O2S/c1-10-15(11(2)19-18-10)24(22,23)21-5-3-20(4-6-21)14-8-12(16)7-13(17)9-14/h7-9H,3-6H2,1-2H3,(H,18,19). The molecule has 3 rings (SSSR count). The molecule has 0 amide bonds. The topological polar surface area (TPSA) is 69.3 Å². The molecule has 1 N–H and O–H groups in total. The number of nitrogens with one attached hydrogen (secondary N) is 1. The molecule has 1 saturated heterocycles. The third-order valence-electron chi connectivity index (χ3n) is 4.11. The molecule has 2 aromatic rings. The molecule has 24 heavy (non-hydrogen) atoms. The van der Waals surface area contributed by atoms with Gasteiger partial charge in [0.05, 0.1) is 11.4 Å². The second-order valence-electron chi connectivity index (χ2n) is 5.78. The maximum Gasteiger partial charge on any atom is 0.246 e. The number of sulfonamides is 1. The zero-order valence-electron chi connectivity index (χ0n) is 13.4. The fourth-order valence-corrected chi connectivity index (χ4v) is 5.23. The monoisotopic (exact) mass is 388 g/mol. The van der Waals surface area contributed by atoms with Gasteiger partial charge in [0.25, 0.3) is 0 Å². The summed E-state index contributed by atoms with van der Waals surface area (Å²) in [6.07, 6.45) is 0. The summed E-state index contributed by atoms with van der Waals surface area (Å²) in [4.78, 5) is 2.36. The molecule has 0 atom stereocenters. The van der Waals surface area contributed by atoms with E-state index in [9.17, 15) is 8.42 Å². The first-order valence-corrected chi connectivity index (χ1v) is 9.71. The molecule has 1 aromatic carbocycles. The fourth-order valence-electron chi connectivity index (χ4n) is 2.96. The lowest BCUT2D eigenvalue weighted by atomic mass is 10.2. The van der Waals surface area contributed by atoms with Crippen LogP contribution in [0.1, 0.15) is 11.4 Å². The Bertz CT molecular complexity index is 819. The highest BCUT2D eigenvalue weighted by Crippen LogP contribution is 2.28. The van der Waals surface area contributed by atoms with Gasteiger partial charge in [-0.15, -0.1) is 0 Å². The molecule has 0 unspecified atom stereocenters. The van der Waals surface area contributed by atoms with Gasteiger partial charge >= 0.3 is 0 Å². The zero-order valence-corrected chi connectivity index (χ0v) is 15.7. The van der Waals surface area contributed by atoms with Crippen molar-refractivity contribution in [2.24, 2.45) is 0 Å². The van der Waals surface area contributed by atoms with Crippen LogP contribution in [-0.2, 0) is 10.0 Å². The molecule has 0 spiro atoms. The van der Waals surface area contributed by atoms with Gasteiger partial charge in [-0.05, 0) is 32.0 Å². The van der Waals surface area contributed by atoms with Crippen LogP contribution in [-0.4, -0.2) is 49.1 Å². The third kappa shape index (κ3) is 3.26. The van der Waals surface area contributed by atoms with Crippen LogP contribution in [0.5, 0.6) is 0 Å². The number of H-pyrrole nitrogens is 1. The second-order valence-corrected chi connectivity index (χ2v) is 8.53.